The molecule has 0 spiro atoms. The van der Waals surface area contributed by atoms with Crippen LogP contribution in [0.4, 0.5) is 5.69 Å². The Hall–Kier alpha value is -2.34. The minimum absolute atomic E-state index is 0.0517. The van der Waals surface area contributed by atoms with Crippen LogP contribution in [0.1, 0.15) is 53.6 Å². The van der Waals surface area contributed by atoms with Crippen LogP contribution in [0, 0.1) is 0 Å². The van der Waals surface area contributed by atoms with E-state index in [1.54, 1.807) is 12.1 Å². The van der Waals surface area contributed by atoms with Gasteiger partial charge in [0.05, 0.1) is 19.2 Å². The Morgan fingerprint density at radius 2 is 2.04 bits per heavy atom. The SMILES string of the molecule is CC[C@@H](CO)NC(=O)c1ccc(NCc2noc3c2CCCC3)cc1. The number of aryl methyl sites for hydroxylation is 1. The fraction of sp³-hybridized carbons (Fsp3) is 0.474. The first-order valence-electron chi connectivity index (χ1n) is 8.93. The van der Waals surface area contributed by atoms with Crippen molar-refractivity contribution >= 4 is 11.6 Å². The van der Waals surface area contributed by atoms with E-state index in [0.29, 0.717) is 18.5 Å². The summed E-state index contributed by atoms with van der Waals surface area (Å²) in [5.41, 5.74) is 3.74. The van der Waals surface area contributed by atoms with E-state index >= 15 is 0 Å². The summed E-state index contributed by atoms with van der Waals surface area (Å²) < 4.78 is 5.42. The van der Waals surface area contributed by atoms with E-state index in [1.807, 2.05) is 19.1 Å². The average molecular weight is 343 g/mol. The van der Waals surface area contributed by atoms with Crippen LogP contribution in [0.25, 0.3) is 0 Å². The van der Waals surface area contributed by atoms with Crippen LogP contribution < -0.4 is 10.6 Å². The molecule has 1 heterocycles. The third-order valence-electron chi connectivity index (χ3n) is 4.69. The lowest BCUT2D eigenvalue weighted by atomic mass is 9.96. The van der Waals surface area contributed by atoms with E-state index in [4.69, 9.17) is 4.52 Å². The monoisotopic (exact) mass is 343 g/mol. The van der Waals surface area contributed by atoms with Crippen molar-refractivity contribution in [3.8, 4) is 0 Å². The summed E-state index contributed by atoms with van der Waals surface area (Å²) in [5.74, 6) is 0.863. The molecule has 0 unspecified atom stereocenters. The number of nitrogens with zero attached hydrogens (tertiary/aromatic N) is 1. The summed E-state index contributed by atoms with van der Waals surface area (Å²) in [5, 5.41) is 19.5. The molecular weight excluding hydrogens is 318 g/mol. The smallest absolute Gasteiger partial charge is 0.251 e. The predicted octanol–water partition coefficient (Wildman–Crippen LogP) is 2.67. The van der Waals surface area contributed by atoms with Crippen LogP contribution >= 0.6 is 0 Å². The number of aliphatic hydroxyl groups excluding tert-OH is 1. The van der Waals surface area contributed by atoms with Gasteiger partial charge >= 0.3 is 0 Å². The van der Waals surface area contributed by atoms with E-state index in [1.165, 1.54) is 18.4 Å². The van der Waals surface area contributed by atoms with Crippen molar-refractivity contribution in [3.63, 3.8) is 0 Å². The van der Waals surface area contributed by atoms with E-state index in [9.17, 15) is 9.90 Å². The summed E-state index contributed by atoms with van der Waals surface area (Å²) in [7, 11) is 0. The normalized spacial score (nSPS) is 14.6. The van der Waals surface area contributed by atoms with Crippen LogP contribution in [-0.2, 0) is 19.4 Å². The second kappa shape index (κ2) is 8.16. The highest BCUT2D eigenvalue weighted by Crippen LogP contribution is 2.24. The minimum atomic E-state index is -0.205. The molecule has 1 amide bonds. The molecule has 25 heavy (non-hydrogen) atoms. The van der Waals surface area contributed by atoms with Gasteiger partial charge in [-0.15, -0.1) is 0 Å². The first kappa shape index (κ1) is 17.5. The molecule has 0 bridgehead atoms. The third kappa shape index (κ3) is 4.20. The Morgan fingerprint density at radius 3 is 2.76 bits per heavy atom. The predicted molar refractivity (Wildman–Crippen MR) is 95.5 cm³/mol. The number of anilines is 1. The van der Waals surface area contributed by atoms with Gasteiger partial charge in [-0.05, 0) is 49.9 Å². The number of carbonyl (C=O) groups excluding carboxylic acids is 1. The lowest BCUT2D eigenvalue weighted by molar-refractivity contribution is 0.0915. The number of hydrogen-bond donors (Lipinski definition) is 3. The average Bonchev–Trinajstić information content (AvgIpc) is 3.08. The van der Waals surface area contributed by atoms with Crippen molar-refractivity contribution in [2.24, 2.45) is 0 Å². The minimum Gasteiger partial charge on any atom is -0.394 e. The van der Waals surface area contributed by atoms with Crippen molar-refractivity contribution in [2.45, 2.75) is 51.6 Å². The Kier molecular flexibility index (Phi) is 5.71. The Balaban J connectivity index is 1.57. The van der Waals surface area contributed by atoms with E-state index < -0.39 is 0 Å². The van der Waals surface area contributed by atoms with E-state index in [2.05, 4.69) is 15.8 Å². The van der Waals surface area contributed by atoms with Crippen LogP contribution in [0.5, 0.6) is 0 Å². The molecule has 0 saturated heterocycles. The molecule has 0 saturated carbocycles. The molecule has 6 heteroatoms. The quantitative estimate of drug-likeness (QED) is 0.719. The first-order valence-corrected chi connectivity index (χ1v) is 8.93. The van der Waals surface area contributed by atoms with Gasteiger partial charge in [-0.2, -0.15) is 0 Å². The van der Waals surface area contributed by atoms with E-state index in [-0.39, 0.29) is 18.6 Å². The first-order chi connectivity index (χ1) is 12.2. The molecular formula is C19H25N3O3. The molecule has 0 aliphatic heterocycles. The van der Waals surface area contributed by atoms with Crippen molar-refractivity contribution in [1.82, 2.24) is 10.5 Å². The van der Waals surface area contributed by atoms with Crippen molar-refractivity contribution < 1.29 is 14.4 Å². The summed E-state index contributed by atoms with van der Waals surface area (Å²) in [6.07, 6.45) is 5.09. The number of amides is 1. The zero-order chi connectivity index (χ0) is 17.6. The summed E-state index contributed by atoms with van der Waals surface area (Å²) in [6, 6.07) is 7.10. The van der Waals surface area contributed by atoms with Crippen LogP contribution in [0.2, 0.25) is 0 Å². The topological polar surface area (TPSA) is 87.4 Å². The van der Waals surface area contributed by atoms with Gasteiger partial charge in [-0.25, -0.2) is 0 Å². The van der Waals surface area contributed by atoms with Gasteiger partial charge in [-0.1, -0.05) is 12.1 Å². The van der Waals surface area contributed by atoms with Gasteiger partial charge in [0, 0.05) is 23.2 Å². The second-order valence-corrected chi connectivity index (χ2v) is 6.43. The number of fused-ring (bicyclic) bond motifs is 1. The van der Waals surface area contributed by atoms with Crippen molar-refractivity contribution in [1.29, 1.82) is 0 Å². The standard InChI is InChI=1S/C19H25N3O3/c1-2-14(12-23)21-19(24)13-7-9-15(10-8-13)20-11-17-16-5-3-4-6-18(16)25-22-17/h7-10,14,20,23H,2-6,11-12H2,1H3,(H,21,24)/t14-/m0/s1. The molecule has 0 radical (unpaired) electrons. The molecule has 3 rings (SSSR count). The third-order valence-corrected chi connectivity index (χ3v) is 4.69. The van der Waals surface area contributed by atoms with Gasteiger partial charge in [0.2, 0.25) is 0 Å². The number of aromatic nitrogens is 1. The highest BCUT2D eigenvalue weighted by molar-refractivity contribution is 5.94. The largest absolute Gasteiger partial charge is 0.394 e. The molecule has 2 aromatic rings. The fourth-order valence-electron chi connectivity index (χ4n) is 3.06. The highest BCUT2D eigenvalue weighted by Gasteiger charge is 2.19. The molecule has 1 aliphatic carbocycles. The molecule has 6 nitrogen and oxygen atoms in total. The van der Waals surface area contributed by atoms with Gasteiger partial charge in [-0.3, -0.25) is 4.79 Å². The molecule has 3 N–H and O–H groups in total. The molecule has 1 aromatic heterocycles. The number of benzene rings is 1. The van der Waals surface area contributed by atoms with Crippen LogP contribution in [0.3, 0.4) is 0 Å². The second-order valence-electron chi connectivity index (χ2n) is 6.43. The molecule has 1 aromatic carbocycles. The number of aliphatic hydroxyl groups is 1. The lowest BCUT2D eigenvalue weighted by Gasteiger charge is -2.14. The van der Waals surface area contributed by atoms with Crippen molar-refractivity contribution in [3.05, 3.63) is 46.8 Å². The summed E-state index contributed by atoms with van der Waals surface area (Å²) in [4.78, 5) is 12.1. The van der Waals surface area contributed by atoms with Gasteiger partial charge in [0.15, 0.2) is 0 Å². The maximum Gasteiger partial charge on any atom is 0.251 e. The maximum absolute atomic E-state index is 12.1. The molecule has 134 valence electrons. The summed E-state index contributed by atoms with van der Waals surface area (Å²) >= 11 is 0. The maximum atomic E-state index is 12.1. The summed E-state index contributed by atoms with van der Waals surface area (Å²) in [6.45, 7) is 2.49. The molecule has 1 atom stereocenters. The number of hydrogen-bond acceptors (Lipinski definition) is 5. The lowest BCUT2D eigenvalue weighted by Crippen LogP contribution is -2.36. The zero-order valence-electron chi connectivity index (χ0n) is 14.5. The number of rotatable bonds is 7. The molecule has 0 fully saturated rings. The Bertz CT molecular complexity index is 705. The Labute approximate surface area is 147 Å². The molecule has 1 aliphatic rings. The van der Waals surface area contributed by atoms with Gasteiger partial charge in [0.1, 0.15) is 11.5 Å². The number of carbonyl (C=O) groups is 1. The highest BCUT2D eigenvalue weighted by atomic mass is 16.5. The van der Waals surface area contributed by atoms with Gasteiger partial charge in [0.25, 0.3) is 5.91 Å². The van der Waals surface area contributed by atoms with Crippen LogP contribution in [0.15, 0.2) is 28.8 Å². The van der Waals surface area contributed by atoms with E-state index in [0.717, 1.165) is 30.0 Å². The van der Waals surface area contributed by atoms with Crippen molar-refractivity contribution in [2.75, 3.05) is 11.9 Å². The fourth-order valence-corrected chi connectivity index (χ4v) is 3.06. The Morgan fingerprint density at radius 1 is 1.28 bits per heavy atom. The number of nitrogens with one attached hydrogen (secondary N) is 2. The van der Waals surface area contributed by atoms with Gasteiger partial charge < -0.3 is 20.3 Å². The zero-order valence-corrected chi connectivity index (χ0v) is 14.5. The van der Waals surface area contributed by atoms with Crippen LogP contribution in [-0.4, -0.2) is 28.8 Å².